The monoisotopic (exact) mass is 291 g/mol. The van der Waals surface area contributed by atoms with Gasteiger partial charge in [0.05, 0.1) is 6.61 Å². The number of anilines is 1. The number of methoxy groups -OCH3 is 1. The van der Waals surface area contributed by atoms with Crippen molar-refractivity contribution in [2.24, 2.45) is 0 Å². The van der Waals surface area contributed by atoms with Crippen molar-refractivity contribution in [3.05, 3.63) is 24.5 Å². The molecular formula is C16H25N3O2. The van der Waals surface area contributed by atoms with Gasteiger partial charge in [0.25, 0.3) is 0 Å². The first-order valence-corrected chi connectivity index (χ1v) is 7.69. The van der Waals surface area contributed by atoms with Crippen LogP contribution in [-0.2, 0) is 4.74 Å². The summed E-state index contributed by atoms with van der Waals surface area (Å²) in [5.74, 6) is 2.78. The molecule has 1 saturated carbocycles. The van der Waals surface area contributed by atoms with Crippen molar-refractivity contribution < 1.29 is 9.47 Å². The summed E-state index contributed by atoms with van der Waals surface area (Å²) >= 11 is 0. The van der Waals surface area contributed by atoms with E-state index in [2.05, 4.69) is 21.9 Å². The molecule has 0 aliphatic heterocycles. The van der Waals surface area contributed by atoms with Crippen molar-refractivity contribution in [1.29, 1.82) is 0 Å². The lowest BCUT2D eigenvalue weighted by atomic mass is 9.89. The van der Waals surface area contributed by atoms with Crippen LogP contribution in [0.2, 0.25) is 0 Å². The SMILES string of the molecule is C=CCNc1cc(OCCOC)nc(C2CCCCC2)n1. The minimum Gasteiger partial charge on any atom is -0.475 e. The molecule has 0 radical (unpaired) electrons. The molecule has 0 aromatic carbocycles. The highest BCUT2D eigenvalue weighted by Gasteiger charge is 2.19. The van der Waals surface area contributed by atoms with Crippen LogP contribution in [0.5, 0.6) is 5.88 Å². The Hall–Kier alpha value is -1.62. The van der Waals surface area contributed by atoms with E-state index in [9.17, 15) is 0 Å². The molecular weight excluding hydrogens is 266 g/mol. The van der Waals surface area contributed by atoms with Gasteiger partial charge in [-0.25, -0.2) is 4.98 Å². The van der Waals surface area contributed by atoms with Crippen molar-refractivity contribution in [3.8, 4) is 5.88 Å². The van der Waals surface area contributed by atoms with Crippen molar-refractivity contribution in [2.45, 2.75) is 38.0 Å². The highest BCUT2D eigenvalue weighted by Crippen LogP contribution is 2.32. The largest absolute Gasteiger partial charge is 0.475 e. The zero-order valence-electron chi connectivity index (χ0n) is 12.8. The maximum Gasteiger partial charge on any atom is 0.218 e. The standard InChI is InChI=1S/C16H25N3O2/c1-3-9-17-14-12-15(21-11-10-20-2)19-16(18-14)13-7-5-4-6-8-13/h3,12-13H,1,4-11H2,2H3,(H,17,18,19). The van der Waals surface area contributed by atoms with Crippen LogP contribution in [-0.4, -0.2) is 36.8 Å². The number of rotatable bonds is 8. The second-order valence-electron chi connectivity index (χ2n) is 5.30. The summed E-state index contributed by atoms with van der Waals surface area (Å²) in [6.45, 7) is 5.45. The van der Waals surface area contributed by atoms with E-state index in [1.807, 2.05) is 12.1 Å². The van der Waals surface area contributed by atoms with E-state index in [0.717, 1.165) is 11.6 Å². The third-order valence-corrected chi connectivity index (χ3v) is 3.66. The molecule has 116 valence electrons. The molecule has 1 aromatic rings. The van der Waals surface area contributed by atoms with Gasteiger partial charge >= 0.3 is 0 Å². The van der Waals surface area contributed by atoms with Gasteiger partial charge in [-0.3, -0.25) is 0 Å². The first-order valence-electron chi connectivity index (χ1n) is 7.69. The van der Waals surface area contributed by atoms with Crippen molar-refractivity contribution in [2.75, 3.05) is 32.2 Å². The fourth-order valence-corrected chi connectivity index (χ4v) is 2.56. The molecule has 1 aliphatic rings. The van der Waals surface area contributed by atoms with Gasteiger partial charge in [-0.2, -0.15) is 4.98 Å². The summed E-state index contributed by atoms with van der Waals surface area (Å²) < 4.78 is 10.7. The number of ether oxygens (including phenoxy) is 2. The van der Waals surface area contributed by atoms with E-state index in [1.165, 1.54) is 32.1 Å². The first kappa shape index (κ1) is 15.8. The van der Waals surface area contributed by atoms with Crippen LogP contribution in [0.25, 0.3) is 0 Å². The van der Waals surface area contributed by atoms with Crippen LogP contribution in [0.1, 0.15) is 43.8 Å². The van der Waals surface area contributed by atoms with Crippen LogP contribution in [0, 0.1) is 0 Å². The van der Waals surface area contributed by atoms with Crippen molar-refractivity contribution in [3.63, 3.8) is 0 Å². The van der Waals surface area contributed by atoms with Gasteiger partial charge in [0.15, 0.2) is 0 Å². The minimum atomic E-state index is 0.453. The average molecular weight is 291 g/mol. The lowest BCUT2D eigenvalue weighted by Crippen LogP contribution is -2.13. The molecule has 0 saturated heterocycles. The Kier molecular flexibility index (Phi) is 6.47. The van der Waals surface area contributed by atoms with E-state index in [4.69, 9.17) is 9.47 Å². The molecule has 2 rings (SSSR count). The third-order valence-electron chi connectivity index (χ3n) is 3.66. The zero-order chi connectivity index (χ0) is 14.9. The molecule has 21 heavy (non-hydrogen) atoms. The Bertz CT molecular complexity index is 445. The molecule has 0 spiro atoms. The van der Waals surface area contributed by atoms with E-state index >= 15 is 0 Å². The summed E-state index contributed by atoms with van der Waals surface area (Å²) in [7, 11) is 1.66. The van der Waals surface area contributed by atoms with Gasteiger partial charge in [-0.05, 0) is 12.8 Å². The summed E-state index contributed by atoms with van der Waals surface area (Å²) in [4.78, 5) is 9.22. The molecule has 1 N–H and O–H groups in total. The predicted octanol–water partition coefficient (Wildman–Crippen LogP) is 3.15. The Balaban J connectivity index is 2.12. The van der Waals surface area contributed by atoms with Gasteiger partial charge in [-0.1, -0.05) is 25.3 Å². The first-order chi connectivity index (χ1) is 10.3. The summed E-state index contributed by atoms with van der Waals surface area (Å²) in [5.41, 5.74) is 0. The van der Waals surface area contributed by atoms with Gasteiger partial charge in [0.1, 0.15) is 18.2 Å². The van der Waals surface area contributed by atoms with Gasteiger partial charge < -0.3 is 14.8 Å². The second kappa shape index (κ2) is 8.62. The predicted molar refractivity (Wildman–Crippen MR) is 83.9 cm³/mol. The Labute approximate surface area is 126 Å². The number of hydrogen-bond acceptors (Lipinski definition) is 5. The smallest absolute Gasteiger partial charge is 0.218 e. The minimum absolute atomic E-state index is 0.453. The highest BCUT2D eigenvalue weighted by atomic mass is 16.5. The van der Waals surface area contributed by atoms with Crippen LogP contribution in [0.4, 0.5) is 5.82 Å². The van der Waals surface area contributed by atoms with E-state index < -0.39 is 0 Å². The van der Waals surface area contributed by atoms with Gasteiger partial charge in [0, 0.05) is 25.6 Å². The number of nitrogens with one attached hydrogen (secondary N) is 1. The second-order valence-corrected chi connectivity index (χ2v) is 5.30. The fraction of sp³-hybridized carbons (Fsp3) is 0.625. The normalized spacial score (nSPS) is 15.7. The van der Waals surface area contributed by atoms with Crippen LogP contribution in [0.3, 0.4) is 0 Å². The maximum absolute atomic E-state index is 5.66. The van der Waals surface area contributed by atoms with E-state index in [1.54, 1.807) is 7.11 Å². The lowest BCUT2D eigenvalue weighted by Gasteiger charge is -2.21. The summed E-state index contributed by atoms with van der Waals surface area (Å²) in [6.07, 6.45) is 8.00. The van der Waals surface area contributed by atoms with Gasteiger partial charge in [-0.15, -0.1) is 6.58 Å². The highest BCUT2D eigenvalue weighted by molar-refractivity contribution is 5.39. The van der Waals surface area contributed by atoms with Crippen LogP contribution >= 0.6 is 0 Å². The zero-order valence-corrected chi connectivity index (χ0v) is 12.8. The summed E-state index contributed by atoms with van der Waals surface area (Å²) in [6, 6.07) is 1.84. The molecule has 0 atom stereocenters. The molecule has 1 aromatic heterocycles. The Morgan fingerprint density at radius 2 is 2.10 bits per heavy atom. The Morgan fingerprint density at radius 1 is 1.29 bits per heavy atom. The number of hydrogen-bond donors (Lipinski definition) is 1. The molecule has 0 amide bonds. The number of aromatic nitrogens is 2. The lowest BCUT2D eigenvalue weighted by molar-refractivity contribution is 0.143. The Morgan fingerprint density at radius 3 is 2.81 bits per heavy atom. The molecule has 1 aliphatic carbocycles. The van der Waals surface area contributed by atoms with Crippen LogP contribution in [0.15, 0.2) is 18.7 Å². The molecule has 1 fully saturated rings. The molecule has 0 bridgehead atoms. The topological polar surface area (TPSA) is 56.3 Å². The molecule has 5 nitrogen and oxygen atoms in total. The van der Waals surface area contributed by atoms with Gasteiger partial charge in [0.2, 0.25) is 5.88 Å². The third kappa shape index (κ3) is 5.01. The van der Waals surface area contributed by atoms with Crippen molar-refractivity contribution in [1.82, 2.24) is 9.97 Å². The maximum atomic E-state index is 5.66. The molecule has 5 heteroatoms. The van der Waals surface area contributed by atoms with E-state index in [0.29, 0.717) is 31.6 Å². The quantitative estimate of drug-likeness (QED) is 0.589. The van der Waals surface area contributed by atoms with Crippen LogP contribution < -0.4 is 10.1 Å². The number of nitrogens with zero attached hydrogens (tertiary/aromatic N) is 2. The van der Waals surface area contributed by atoms with E-state index in [-0.39, 0.29) is 0 Å². The molecule has 1 heterocycles. The average Bonchev–Trinajstić information content (AvgIpc) is 2.54. The fourth-order valence-electron chi connectivity index (χ4n) is 2.56. The molecule has 0 unspecified atom stereocenters. The summed E-state index contributed by atoms with van der Waals surface area (Å²) in [5, 5.41) is 3.22. The van der Waals surface area contributed by atoms with Crippen molar-refractivity contribution >= 4 is 5.82 Å².